The first kappa shape index (κ1) is 31.4. The van der Waals surface area contributed by atoms with Crippen molar-refractivity contribution in [2.24, 2.45) is 23.7 Å². The van der Waals surface area contributed by atoms with E-state index in [-0.39, 0.29) is 35.3 Å². The third kappa shape index (κ3) is 5.46. The van der Waals surface area contributed by atoms with E-state index in [4.69, 9.17) is 25.8 Å². The molecule has 2 N–H and O–H groups in total. The van der Waals surface area contributed by atoms with Gasteiger partial charge in [-0.05, 0) is 60.6 Å². The van der Waals surface area contributed by atoms with E-state index in [0.717, 1.165) is 24.8 Å². The molecule has 6 rings (SSSR count). The van der Waals surface area contributed by atoms with Crippen LogP contribution in [0.4, 0.5) is 10.1 Å². The number of benzene rings is 2. The molecule has 1 aliphatic carbocycles. The fourth-order valence-electron chi connectivity index (χ4n) is 7.64. The molecule has 2 aromatic rings. The van der Waals surface area contributed by atoms with E-state index in [1.807, 2.05) is 12.1 Å². The number of ether oxygens (including phenoxy) is 3. The van der Waals surface area contributed by atoms with E-state index in [1.165, 1.54) is 18.2 Å². The molecule has 3 fully saturated rings. The lowest BCUT2D eigenvalue weighted by Gasteiger charge is -2.38. The van der Waals surface area contributed by atoms with Gasteiger partial charge in [-0.3, -0.25) is 14.4 Å². The number of methoxy groups -OCH3 is 2. The zero-order valence-corrected chi connectivity index (χ0v) is 26.6. The van der Waals surface area contributed by atoms with Gasteiger partial charge in [0.2, 0.25) is 17.7 Å². The summed E-state index contributed by atoms with van der Waals surface area (Å²) < 4.78 is 31.1. The fraction of sp³-hybridized carbons (Fsp3) is 0.500. The molecule has 1 saturated carbocycles. The summed E-state index contributed by atoms with van der Waals surface area (Å²) in [5.41, 5.74) is -0.0973. The van der Waals surface area contributed by atoms with Crippen LogP contribution in [-0.2, 0) is 25.5 Å². The van der Waals surface area contributed by atoms with Crippen LogP contribution in [-0.4, -0.2) is 67.2 Å². The molecular weight excluding hydrogens is 601 g/mol. The predicted octanol–water partition coefficient (Wildman–Crippen LogP) is 4.77. The summed E-state index contributed by atoms with van der Waals surface area (Å²) in [5, 5.41) is 5.93. The molecule has 3 heterocycles. The second-order valence-corrected chi connectivity index (χ2v) is 13.1. The molecule has 0 unspecified atom stereocenters. The van der Waals surface area contributed by atoms with Crippen LogP contribution in [0.25, 0.3) is 0 Å². The van der Waals surface area contributed by atoms with Crippen LogP contribution in [0.5, 0.6) is 11.5 Å². The summed E-state index contributed by atoms with van der Waals surface area (Å²) in [6.45, 7) is 4.59. The van der Waals surface area contributed by atoms with Crippen LogP contribution < -0.4 is 20.1 Å². The van der Waals surface area contributed by atoms with Gasteiger partial charge in [0, 0.05) is 18.3 Å². The molecular formula is C34H39ClFN3O6. The summed E-state index contributed by atoms with van der Waals surface area (Å²) in [6, 6.07) is 8.47. The van der Waals surface area contributed by atoms with E-state index in [0.29, 0.717) is 29.5 Å². The number of nitrogens with zero attached hydrogens (tertiary/aromatic N) is 1. The third-order valence-corrected chi connectivity index (χ3v) is 10.5. The highest BCUT2D eigenvalue weighted by Crippen LogP contribution is 2.55. The van der Waals surface area contributed by atoms with Crippen molar-refractivity contribution in [2.45, 2.75) is 63.3 Å². The minimum absolute atomic E-state index is 0.0237. The van der Waals surface area contributed by atoms with Crippen molar-refractivity contribution in [2.75, 3.05) is 26.1 Å². The largest absolute Gasteiger partial charge is 0.493 e. The van der Waals surface area contributed by atoms with Gasteiger partial charge in [-0.15, -0.1) is 0 Å². The molecule has 9 nitrogen and oxygen atoms in total. The highest BCUT2D eigenvalue weighted by molar-refractivity contribution is 6.31. The van der Waals surface area contributed by atoms with Crippen LogP contribution in [0.3, 0.4) is 0 Å². The molecule has 0 aromatic heterocycles. The van der Waals surface area contributed by atoms with Gasteiger partial charge in [-0.25, -0.2) is 4.39 Å². The van der Waals surface area contributed by atoms with Crippen molar-refractivity contribution in [3.05, 3.63) is 65.0 Å². The molecule has 1 spiro atoms. The van der Waals surface area contributed by atoms with Crippen molar-refractivity contribution in [1.29, 1.82) is 0 Å². The van der Waals surface area contributed by atoms with Gasteiger partial charge in [0.1, 0.15) is 17.5 Å². The number of nitrogens with one attached hydrogen (secondary N) is 2. The molecule has 45 heavy (non-hydrogen) atoms. The van der Waals surface area contributed by atoms with Crippen LogP contribution >= 0.6 is 11.6 Å². The first-order valence-electron chi connectivity index (χ1n) is 15.5. The third-order valence-electron chi connectivity index (χ3n) is 10.2. The predicted molar refractivity (Wildman–Crippen MR) is 167 cm³/mol. The summed E-state index contributed by atoms with van der Waals surface area (Å²) in [6.07, 6.45) is 6.32. The quantitative estimate of drug-likeness (QED) is 0.383. The topological polar surface area (TPSA) is 106 Å². The van der Waals surface area contributed by atoms with Crippen LogP contribution in [0.2, 0.25) is 5.02 Å². The maximum atomic E-state index is 14.3. The maximum Gasteiger partial charge on any atom is 0.246 e. The maximum absolute atomic E-state index is 14.3. The van der Waals surface area contributed by atoms with E-state index in [2.05, 4.69) is 24.5 Å². The number of hydrogen-bond acceptors (Lipinski definition) is 6. The Hall–Kier alpha value is -3.63. The summed E-state index contributed by atoms with van der Waals surface area (Å²) in [5.74, 6) is -1.55. The number of likely N-dealkylation sites (tertiary alicyclic amines) is 1. The molecule has 2 aromatic carbocycles. The van der Waals surface area contributed by atoms with Gasteiger partial charge in [0.15, 0.2) is 11.5 Å². The Bertz CT molecular complexity index is 1540. The van der Waals surface area contributed by atoms with E-state index >= 15 is 0 Å². The average Bonchev–Trinajstić information content (AvgIpc) is 3.67. The Morgan fingerprint density at radius 3 is 2.60 bits per heavy atom. The molecule has 11 heteroatoms. The monoisotopic (exact) mass is 639 g/mol. The normalized spacial score (nSPS) is 31.6. The molecule has 240 valence electrons. The average molecular weight is 640 g/mol. The lowest BCUT2D eigenvalue weighted by atomic mass is 9.73. The van der Waals surface area contributed by atoms with Gasteiger partial charge in [0.25, 0.3) is 0 Å². The van der Waals surface area contributed by atoms with Gasteiger partial charge in [-0.1, -0.05) is 56.5 Å². The standard InChI is InChI=1S/C34H39ClFN3O6/c1-18-6-5-7-24(19(18)2)38-32(41)30-34-14-12-26(45-34)28(31(40)37-21-9-10-23(36)22(35)17-21)29(34)33(42)39(30)15-13-20-8-11-25(43-3)27(16-20)44-4/h8-12,14,16-19,24,26,28-30H,5-7,13,15H2,1-4H3,(H,37,40)(H,38,41)/t18-,19-,24+,26+,28+,29+,30-,34-/m0/s1. The van der Waals surface area contributed by atoms with Crippen molar-refractivity contribution < 1.29 is 33.0 Å². The highest BCUT2D eigenvalue weighted by Gasteiger charge is 2.72. The number of anilines is 1. The zero-order valence-electron chi connectivity index (χ0n) is 25.8. The molecule has 3 aliphatic heterocycles. The Balaban J connectivity index is 1.30. The molecule has 4 aliphatic rings. The van der Waals surface area contributed by atoms with Gasteiger partial charge >= 0.3 is 0 Å². The number of carbonyl (C=O) groups is 3. The molecule has 0 radical (unpaired) electrons. The number of hydrogen-bond donors (Lipinski definition) is 2. The van der Waals surface area contributed by atoms with Crippen LogP contribution in [0.1, 0.15) is 38.7 Å². The van der Waals surface area contributed by atoms with E-state index in [1.54, 1.807) is 37.3 Å². The Labute approximate surface area is 267 Å². The van der Waals surface area contributed by atoms with Gasteiger partial charge in [0.05, 0.1) is 37.2 Å². The zero-order chi connectivity index (χ0) is 32.0. The first-order chi connectivity index (χ1) is 21.6. The second kappa shape index (κ2) is 12.3. The minimum atomic E-state index is -1.30. The number of amides is 3. The van der Waals surface area contributed by atoms with Crippen molar-refractivity contribution in [3.8, 4) is 11.5 Å². The minimum Gasteiger partial charge on any atom is -0.493 e. The molecule has 8 atom stereocenters. The van der Waals surface area contributed by atoms with Crippen LogP contribution in [0, 0.1) is 29.5 Å². The summed E-state index contributed by atoms with van der Waals surface area (Å²) in [4.78, 5) is 43.9. The number of fused-ring (bicyclic) bond motifs is 1. The van der Waals surface area contributed by atoms with Gasteiger partial charge < -0.3 is 29.7 Å². The summed E-state index contributed by atoms with van der Waals surface area (Å²) in [7, 11) is 3.12. The highest BCUT2D eigenvalue weighted by atomic mass is 35.5. The lowest BCUT2D eigenvalue weighted by Crippen LogP contribution is -2.58. The molecule has 2 saturated heterocycles. The summed E-state index contributed by atoms with van der Waals surface area (Å²) >= 11 is 5.94. The fourth-order valence-corrected chi connectivity index (χ4v) is 7.82. The Kier molecular flexibility index (Phi) is 8.56. The number of halogens is 2. The molecule has 3 amide bonds. The van der Waals surface area contributed by atoms with Crippen molar-refractivity contribution >= 4 is 35.0 Å². The van der Waals surface area contributed by atoms with Crippen molar-refractivity contribution in [3.63, 3.8) is 0 Å². The van der Waals surface area contributed by atoms with Crippen LogP contribution in [0.15, 0.2) is 48.6 Å². The van der Waals surface area contributed by atoms with E-state index < -0.39 is 41.3 Å². The first-order valence-corrected chi connectivity index (χ1v) is 15.9. The van der Waals surface area contributed by atoms with Gasteiger partial charge in [-0.2, -0.15) is 0 Å². The molecule has 2 bridgehead atoms. The SMILES string of the molecule is COc1ccc(CCN2C(=O)[C@H]3[C@H](C(=O)Nc4ccc(F)c(Cl)c4)[C@H]4C=C[C@@]3(O4)[C@@H]2C(=O)N[C@@H]2CCC[C@H](C)[C@@H]2C)cc1OC. The Morgan fingerprint density at radius 1 is 1.09 bits per heavy atom. The smallest absolute Gasteiger partial charge is 0.246 e. The Morgan fingerprint density at radius 2 is 1.87 bits per heavy atom. The second-order valence-electron chi connectivity index (χ2n) is 12.7. The number of carbonyl (C=O) groups excluding carboxylic acids is 3. The van der Waals surface area contributed by atoms with E-state index in [9.17, 15) is 18.8 Å². The lowest BCUT2D eigenvalue weighted by molar-refractivity contribution is -0.141. The number of rotatable bonds is 9. The van der Waals surface area contributed by atoms with Crippen molar-refractivity contribution in [1.82, 2.24) is 10.2 Å².